The van der Waals surface area contributed by atoms with E-state index in [1.54, 1.807) is 0 Å². The SMILES string of the molecule is CCN1CCC(CN2C(=O)CNC2c2ccc(C)cc2)C1. The van der Waals surface area contributed by atoms with E-state index in [0.717, 1.165) is 19.6 Å². The summed E-state index contributed by atoms with van der Waals surface area (Å²) in [5.41, 5.74) is 2.45. The topological polar surface area (TPSA) is 35.6 Å². The predicted octanol–water partition coefficient (Wildman–Crippen LogP) is 1.77. The third kappa shape index (κ3) is 3.11. The van der Waals surface area contributed by atoms with Crippen LogP contribution in [0.1, 0.15) is 30.6 Å². The van der Waals surface area contributed by atoms with Crippen LogP contribution in [0.2, 0.25) is 0 Å². The Hall–Kier alpha value is -1.39. The summed E-state index contributed by atoms with van der Waals surface area (Å²) >= 11 is 0. The Morgan fingerprint density at radius 3 is 2.71 bits per heavy atom. The van der Waals surface area contributed by atoms with Crippen LogP contribution in [-0.2, 0) is 4.79 Å². The summed E-state index contributed by atoms with van der Waals surface area (Å²) in [7, 11) is 0. The van der Waals surface area contributed by atoms with E-state index in [0.29, 0.717) is 12.5 Å². The summed E-state index contributed by atoms with van der Waals surface area (Å²) in [5.74, 6) is 0.845. The number of likely N-dealkylation sites (tertiary alicyclic amines) is 1. The highest BCUT2D eigenvalue weighted by atomic mass is 16.2. The number of hydrogen-bond acceptors (Lipinski definition) is 3. The van der Waals surface area contributed by atoms with Crippen molar-refractivity contribution >= 4 is 5.91 Å². The summed E-state index contributed by atoms with van der Waals surface area (Å²) in [6.07, 6.45) is 1.26. The zero-order valence-electron chi connectivity index (χ0n) is 13.0. The van der Waals surface area contributed by atoms with Gasteiger partial charge in [0.25, 0.3) is 0 Å². The fourth-order valence-electron chi connectivity index (χ4n) is 3.42. The summed E-state index contributed by atoms with van der Waals surface area (Å²) in [6.45, 7) is 9.05. The van der Waals surface area contributed by atoms with E-state index in [1.165, 1.54) is 24.1 Å². The molecule has 114 valence electrons. The van der Waals surface area contributed by atoms with Crippen molar-refractivity contribution in [3.8, 4) is 0 Å². The monoisotopic (exact) mass is 287 g/mol. The van der Waals surface area contributed by atoms with Crippen molar-refractivity contribution in [3.05, 3.63) is 35.4 Å². The quantitative estimate of drug-likeness (QED) is 0.917. The molecule has 0 saturated carbocycles. The van der Waals surface area contributed by atoms with Crippen LogP contribution in [0.15, 0.2) is 24.3 Å². The van der Waals surface area contributed by atoms with E-state index in [2.05, 4.69) is 48.3 Å². The van der Waals surface area contributed by atoms with Crippen molar-refractivity contribution < 1.29 is 4.79 Å². The summed E-state index contributed by atoms with van der Waals surface area (Å²) in [5, 5.41) is 3.35. The van der Waals surface area contributed by atoms with E-state index < -0.39 is 0 Å². The molecule has 2 saturated heterocycles. The minimum Gasteiger partial charge on any atom is -0.321 e. The maximum Gasteiger partial charge on any atom is 0.238 e. The highest BCUT2D eigenvalue weighted by molar-refractivity contribution is 5.81. The van der Waals surface area contributed by atoms with E-state index >= 15 is 0 Å². The first-order chi connectivity index (χ1) is 10.2. The maximum absolute atomic E-state index is 12.2. The summed E-state index contributed by atoms with van der Waals surface area (Å²) < 4.78 is 0. The Labute approximate surface area is 127 Å². The van der Waals surface area contributed by atoms with Gasteiger partial charge in [-0.15, -0.1) is 0 Å². The average Bonchev–Trinajstić information content (AvgIpc) is 3.08. The van der Waals surface area contributed by atoms with Gasteiger partial charge in [0, 0.05) is 13.1 Å². The molecule has 0 bridgehead atoms. The summed E-state index contributed by atoms with van der Waals surface area (Å²) in [6, 6.07) is 8.50. The molecule has 2 atom stereocenters. The smallest absolute Gasteiger partial charge is 0.238 e. The number of nitrogens with one attached hydrogen (secondary N) is 1. The first kappa shape index (κ1) is 14.5. The molecule has 1 aromatic rings. The molecule has 2 aliphatic rings. The second kappa shape index (κ2) is 6.16. The lowest BCUT2D eigenvalue weighted by molar-refractivity contribution is -0.128. The zero-order chi connectivity index (χ0) is 14.8. The Morgan fingerprint density at radius 1 is 1.29 bits per heavy atom. The number of benzene rings is 1. The maximum atomic E-state index is 12.2. The largest absolute Gasteiger partial charge is 0.321 e. The van der Waals surface area contributed by atoms with Crippen molar-refractivity contribution in [1.82, 2.24) is 15.1 Å². The number of aryl methyl sites for hydroxylation is 1. The Balaban J connectivity index is 1.69. The van der Waals surface area contributed by atoms with E-state index in [4.69, 9.17) is 0 Å². The lowest BCUT2D eigenvalue weighted by atomic mass is 10.1. The predicted molar refractivity (Wildman–Crippen MR) is 83.9 cm³/mol. The molecule has 1 aromatic carbocycles. The number of carbonyl (C=O) groups excluding carboxylic acids is 1. The van der Waals surface area contributed by atoms with E-state index in [1.807, 2.05) is 4.90 Å². The highest BCUT2D eigenvalue weighted by Gasteiger charge is 2.34. The molecule has 2 fully saturated rings. The molecule has 2 aliphatic heterocycles. The Kier molecular flexibility index (Phi) is 4.27. The van der Waals surface area contributed by atoms with Crippen molar-refractivity contribution in [1.29, 1.82) is 0 Å². The van der Waals surface area contributed by atoms with Gasteiger partial charge in [-0.25, -0.2) is 0 Å². The molecule has 0 radical (unpaired) electrons. The van der Waals surface area contributed by atoms with Gasteiger partial charge < -0.3 is 9.80 Å². The third-order valence-electron chi connectivity index (χ3n) is 4.74. The van der Waals surface area contributed by atoms with E-state index in [-0.39, 0.29) is 12.1 Å². The van der Waals surface area contributed by atoms with Crippen molar-refractivity contribution in [3.63, 3.8) is 0 Å². The molecule has 21 heavy (non-hydrogen) atoms. The second-order valence-electron chi connectivity index (χ2n) is 6.29. The van der Waals surface area contributed by atoms with Crippen LogP contribution in [0.4, 0.5) is 0 Å². The zero-order valence-corrected chi connectivity index (χ0v) is 13.0. The van der Waals surface area contributed by atoms with Gasteiger partial charge in [0.2, 0.25) is 5.91 Å². The van der Waals surface area contributed by atoms with E-state index in [9.17, 15) is 4.79 Å². The van der Waals surface area contributed by atoms with Crippen LogP contribution >= 0.6 is 0 Å². The molecule has 1 amide bonds. The molecule has 0 aromatic heterocycles. The fourth-order valence-corrected chi connectivity index (χ4v) is 3.42. The van der Waals surface area contributed by atoms with Crippen LogP contribution in [0.3, 0.4) is 0 Å². The van der Waals surface area contributed by atoms with Gasteiger partial charge in [0.15, 0.2) is 0 Å². The van der Waals surface area contributed by atoms with Gasteiger partial charge in [-0.2, -0.15) is 0 Å². The third-order valence-corrected chi connectivity index (χ3v) is 4.74. The van der Waals surface area contributed by atoms with Gasteiger partial charge >= 0.3 is 0 Å². The molecular formula is C17H25N3O. The first-order valence-corrected chi connectivity index (χ1v) is 7.99. The number of rotatable bonds is 4. The molecule has 4 nitrogen and oxygen atoms in total. The normalized spacial score (nSPS) is 26.8. The lowest BCUT2D eigenvalue weighted by Gasteiger charge is -2.27. The van der Waals surface area contributed by atoms with Gasteiger partial charge in [0.05, 0.1) is 6.54 Å². The van der Waals surface area contributed by atoms with Crippen molar-refractivity contribution in [2.75, 3.05) is 32.7 Å². The molecule has 2 heterocycles. The number of carbonyl (C=O) groups is 1. The van der Waals surface area contributed by atoms with Gasteiger partial charge in [-0.3, -0.25) is 10.1 Å². The number of amides is 1. The second-order valence-corrected chi connectivity index (χ2v) is 6.29. The molecule has 1 N–H and O–H groups in total. The average molecular weight is 287 g/mol. The standard InChI is InChI=1S/C17H25N3O/c1-3-19-9-8-14(11-19)12-20-16(21)10-18-17(20)15-6-4-13(2)5-7-15/h4-7,14,17-18H,3,8-12H2,1-2H3. The van der Waals surface area contributed by atoms with Crippen LogP contribution < -0.4 is 5.32 Å². The van der Waals surface area contributed by atoms with Crippen molar-refractivity contribution in [2.45, 2.75) is 26.4 Å². The minimum atomic E-state index is 0.0498. The fraction of sp³-hybridized carbons (Fsp3) is 0.588. The number of nitrogens with zero attached hydrogens (tertiary/aromatic N) is 2. The molecule has 4 heteroatoms. The van der Waals surface area contributed by atoms with Gasteiger partial charge in [-0.1, -0.05) is 36.8 Å². The lowest BCUT2D eigenvalue weighted by Crippen LogP contribution is -2.35. The Bertz CT molecular complexity index is 499. The van der Waals surface area contributed by atoms with Crippen LogP contribution in [0, 0.1) is 12.8 Å². The van der Waals surface area contributed by atoms with Crippen LogP contribution in [0.5, 0.6) is 0 Å². The summed E-state index contributed by atoms with van der Waals surface area (Å²) in [4.78, 5) is 16.7. The van der Waals surface area contributed by atoms with Crippen molar-refractivity contribution in [2.24, 2.45) is 5.92 Å². The number of hydrogen-bond donors (Lipinski definition) is 1. The van der Waals surface area contributed by atoms with Crippen LogP contribution in [-0.4, -0.2) is 48.4 Å². The molecule has 0 aliphatic carbocycles. The molecular weight excluding hydrogens is 262 g/mol. The van der Waals surface area contributed by atoms with Crippen LogP contribution in [0.25, 0.3) is 0 Å². The first-order valence-electron chi connectivity index (χ1n) is 7.99. The molecule has 0 spiro atoms. The van der Waals surface area contributed by atoms with Gasteiger partial charge in [-0.05, 0) is 37.9 Å². The Morgan fingerprint density at radius 2 is 2.05 bits per heavy atom. The molecule has 3 rings (SSSR count). The molecule has 2 unspecified atom stereocenters. The van der Waals surface area contributed by atoms with Gasteiger partial charge in [0.1, 0.15) is 6.17 Å². The highest BCUT2D eigenvalue weighted by Crippen LogP contribution is 2.26. The minimum absolute atomic E-state index is 0.0498.